The third-order valence-electron chi connectivity index (χ3n) is 5.25. The fourth-order valence-electron chi connectivity index (χ4n) is 3.68. The van der Waals surface area contributed by atoms with Crippen LogP contribution in [0.3, 0.4) is 0 Å². The third-order valence-corrected chi connectivity index (χ3v) is 5.25. The van der Waals surface area contributed by atoms with E-state index in [2.05, 4.69) is 15.3 Å². The molecular formula is C24H22F3N5O. The molecule has 0 bridgehead atoms. The molecule has 0 spiro atoms. The molecule has 170 valence electrons. The van der Waals surface area contributed by atoms with E-state index in [9.17, 15) is 18.0 Å². The summed E-state index contributed by atoms with van der Waals surface area (Å²) >= 11 is 0. The van der Waals surface area contributed by atoms with Crippen molar-refractivity contribution < 1.29 is 18.0 Å². The first-order valence-corrected chi connectivity index (χ1v) is 10.4. The Hall–Kier alpha value is -3.75. The van der Waals surface area contributed by atoms with Crippen LogP contribution in [0.1, 0.15) is 52.8 Å². The molecule has 0 unspecified atom stereocenters. The summed E-state index contributed by atoms with van der Waals surface area (Å²) in [5.41, 5.74) is 2.85. The smallest absolute Gasteiger partial charge is 0.322 e. The molecule has 6 nitrogen and oxygen atoms in total. The number of benzene rings is 2. The Labute approximate surface area is 188 Å². The minimum Gasteiger partial charge on any atom is -0.322 e. The zero-order chi connectivity index (χ0) is 23.8. The number of amides is 1. The Morgan fingerprint density at radius 3 is 2.58 bits per heavy atom. The summed E-state index contributed by atoms with van der Waals surface area (Å²) in [5, 5.41) is 8.31. The average Bonchev–Trinajstić information content (AvgIpc) is 3.13. The number of carbonyl (C=O) groups excluding carboxylic acids is 1. The predicted octanol–water partition coefficient (Wildman–Crippen LogP) is 5.58. The maximum Gasteiger partial charge on any atom is 0.416 e. The minimum absolute atomic E-state index is 0.0651. The average molecular weight is 453 g/mol. The summed E-state index contributed by atoms with van der Waals surface area (Å²) in [5.74, 6) is -0.614. The van der Waals surface area contributed by atoms with Gasteiger partial charge in [-0.3, -0.25) is 4.79 Å². The minimum atomic E-state index is -4.51. The van der Waals surface area contributed by atoms with Gasteiger partial charge < -0.3 is 5.32 Å². The standard InChI is InChI=1S/C24H22F3N5O/c1-14(2)32-22-21(15(3)28-13-29-22)20(31-32)11-16-6-4-9-19(10-16)30-23(33)17-7-5-8-18(12-17)24(25,26)27/h4-10,12-14H,11H2,1-3H3,(H,30,33). The molecule has 9 heteroatoms. The fourth-order valence-corrected chi connectivity index (χ4v) is 3.68. The van der Waals surface area contributed by atoms with Crippen molar-refractivity contribution in [3.8, 4) is 0 Å². The van der Waals surface area contributed by atoms with Gasteiger partial charge >= 0.3 is 6.18 Å². The van der Waals surface area contributed by atoms with Gasteiger partial charge in [-0.1, -0.05) is 18.2 Å². The molecule has 2 aromatic heterocycles. The van der Waals surface area contributed by atoms with Crippen molar-refractivity contribution in [1.82, 2.24) is 19.7 Å². The Balaban J connectivity index is 1.59. The van der Waals surface area contributed by atoms with Gasteiger partial charge in [0.1, 0.15) is 6.33 Å². The first-order chi connectivity index (χ1) is 15.6. The Bertz CT molecular complexity index is 1330. The second kappa shape index (κ2) is 8.65. The molecule has 1 amide bonds. The molecule has 0 aliphatic carbocycles. The second-order valence-corrected chi connectivity index (χ2v) is 8.05. The van der Waals surface area contributed by atoms with E-state index in [1.54, 1.807) is 18.2 Å². The topological polar surface area (TPSA) is 72.7 Å². The molecule has 0 aliphatic rings. The Morgan fingerprint density at radius 1 is 1.09 bits per heavy atom. The zero-order valence-corrected chi connectivity index (χ0v) is 18.3. The van der Waals surface area contributed by atoms with Crippen LogP contribution in [0.15, 0.2) is 54.9 Å². The molecule has 0 saturated carbocycles. The molecular weight excluding hydrogens is 431 g/mol. The van der Waals surface area contributed by atoms with E-state index >= 15 is 0 Å². The van der Waals surface area contributed by atoms with Crippen LogP contribution in [0.25, 0.3) is 11.0 Å². The van der Waals surface area contributed by atoms with Crippen molar-refractivity contribution in [2.24, 2.45) is 0 Å². The van der Waals surface area contributed by atoms with Crippen LogP contribution in [0.2, 0.25) is 0 Å². The first-order valence-electron chi connectivity index (χ1n) is 10.4. The number of nitrogens with one attached hydrogen (secondary N) is 1. The number of nitrogens with zero attached hydrogens (tertiary/aromatic N) is 4. The lowest BCUT2D eigenvalue weighted by atomic mass is 10.1. The number of rotatable bonds is 5. The van der Waals surface area contributed by atoms with Crippen LogP contribution in [0, 0.1) is 6.92 Å². The number of aromatic nitrogens is 4. The maximum absolute atomic E-state index is 13.0. The molecule has 4 rings (SSSR count). The molecule has 2 heterocycles. The van der Waals surface area contributed by atoms with Gasteiger partial charge in [0.2, 0.25) is 0 Å². The monoisotopic (exact) mass is 453 g/mol. The summed E-state index contributed by atoms with van der Waals surface area (Å²) in [6.07, 6.45) is -2.51. The Kier molecular flexibility index (Phi) is 5.88. The summed E-state index contributed by atoms with van der Waals surface area (Å²) in [7, 11) is 0. The highest BCUT2D eigenvalue weighted by Gasteiger charge is 2.30. The number of alkyl halides is 3. The number of fused-ring (bicyclic) bond motifs is 1. The molecule has 2 aromatic carbocycles. The molecule has 0 radical (unpaired) electrons. The van der Waals surface area contributed by atoms with Crippen molar-refractivity contribution in [3.63, 3.8) is 0 Å². The van der Waals surface area contributed by atoms with Crippen molar-refractivity contribution in [2.45, 2.75) is 39.4 Å². The van der Waals surface area contributed by atoms with Crippen LogP contribution < -0.4 is 5.32 Å². The second-order valence-electron chi connectivity index (χ2n) is 8.05. The number of halogens is 3. The molecule has 0 atom stereocenters. The van der Waals surface area contributed by atoms with Crippen LogP contribution in [-0.4, -0.2) is 25.7 Å². The quantitative estimate of drug-likeness (QED) is 0.428. The normalized spacial score (nSPS) is 11.8. The lowest BCUT2D eigenvalue weighted by molar-refractivity contribution is -0.137. The summed E-state index contributed by atoms with van der Waals surface area (Å²) < 4.78 is 40.7. The lowest BCUT2D eigenvalue weighted by Gasteiger charge is -2.10. The molecule has 0 aliphatic heterocycles. The maximum atomic E-state index is 13.0. The van der Waals surface area contributed by atoms with E-state index in [-0.39, 0.29) is 11.6 Å². The van der Waals surface area contributed by atoms with Gasteiger partial charge in [-0.15, -0.1) is 0 Å². The van der Waals surface area contributed by atoms with E-state index in [1.165, 1.54) is 18.5 Å². The Morgan fingerprint density at radius 2 is 1.85 bits per heavy atom. The lowest BCUT2D eigenvalue weighted by Crippen LogP contribution is -2.14. The summed E-state index contributed by atoms with van der Waals surface area (Å²) in [4.78, 5) is 21.2. The summed E-state index contributed by atoms with van der Waals surface area (Å²) in [6.45, 7) is 5.96. The van der Waals surface area contributed by atoms with Crippen LogP contribution in [0.4, 0.5) is 18.9 Å². The highest BCUT2D eigenvalue weighted by molar-refractivity contribution is 6.04. The van der Waals surface area contributed by atoms with Crippen molar-refractivity contribution in [1.29, 1.82) is 0 Å². The van der Waals surface area contributed by atoms with Gasteiger partial charge in [-0.05, 0) is 56.7 Å². The first kappa shape index (κ1) is 22.4. The van der Waals surface area contributed by atoms with Crippen LogP contribution in [0.5, 0.6) is 0 Å². The zero-order valence-electron chi connectivity index (χ0n) is 18.3. The van der Waals surface area contributed by atoms with Gasteiger partial charge in [0.15, 0.2) is 5.65 Å². The molecule has 0 saturated heterocycles. The molecule has 0 fully saturated rings. The largest absolute Gasteiger partial charge is 0.416 e. The van der Waals surface area contributed by atoms with E-state index in [0.717, 1.165) is 40.1 Å². The van der Waals surface area contributed by atoms with E-state index in [0.29, 0.717) is 12.1 Å². The predicted molar refractivity (Wildman–Crippen MR) is 119 cm³/mol. The van der Waals surface area contributed by atoms with Gasteiger partial charge in [-0.25, -0.2) is 14.6 Å². The number of hydrogen-bond acceptors (Lipinski definition) is 4. The van der Waals surface area contributed by atoms with Crippen molar-refractivity contribution in [3.05, 3.63) is 82.9 Å². The van der Waals surface area contributed by atoms with Crippen LogP contribution in [-0.2, 0) is 12.6 Å². The number of hydrogen-bond donors (Lipinski definition) is 1. The van der Waals surface area contributed by atoms with E-state index < -0.39 is 17.6 Å². The number of anilines is 1. The summed E-state index contributed by atoms with van der Waals surface area (Å²) in [6, 6.07) is 11.6. The number of aryl methyl sites for hydroxylation is 1. The van der Waals surface area contributed by atoms with Crippen LogP contribution >= 0.6 is 0 Å². The highest BCUT2D eigenvalue weighted by atomic mass is 19.4. The van der Waals surface area contributed by atoms with Crippen molar-refractivity contribution in [2.75, 3.05) is 5.32 Å². The number of carbonyl (C=O) groups is 1. The molecule has 33 heavy (non-hydrogen) atoms. The van der Waals surface area contributed by atoms with Crippen molar-refractivity contribution >= 4 is 22.6 Å². The van der Waals surface area contributed by atoms with Gasteiger partial charge in [0, 0.05) is 23.7 Å². The van der Waals surface area contributed by atoms with Gasteiger partial charge in [-0.2, -0.15) is 18.3 Å². The SMILES string of the molecule is Cc1ncnc2c1c(Cc1cccc(NC(=O)c3cccc(C(F)(F)F)c3)c1)nn2C(C)C. The fraction of sp³-hybridized carbons (Fsp3) is 0.250. The molecule has 1 N–H and O–H groups in total. The molecule has 4 aromatic rings. The highest BCUT2D eigenvalue weighted by Crippen LogP contribution is 2.30. The van der Waals surface area contributed by atoms with E-state index in [4.69, 9.17) is 5.10 Å². The van der Waals surface area contributed by atoms with Gasteiger partial charge in [0.25, 0.3) is 5.91 Å². The van der Waals surface area contributed by atoms with Gasteiger partial charge in [0.05, 0.1) is 22.3 Å². The van der Waals surface area contributed by atoms with E-state index in [1.807, 2.05) is 31.5 Å². The third kappa shape index (κ3) is 4.72.